The van der Waals surface area contributed by atoms with Gasteiger partial charge in [-0.05, 0) is 30.0 Å². The first kappa shape index (κ1) is 12.2. The highest BCUT2D eigenvalue weighted by atomic mass is 32.2. The van der Waals surface area contributed by atoms with E-state index in [1.807, 2.05) is 24.3 Å². The van der Waals surface area contributed by atoms with Gasteiger partial charge in [0.1, 0.15) is 17.7 Å². The zero-order valence-electron chi connectivity index (χ0n) is 8.90. The van der Waals surface area contributed by atoms with E-state index in [-0.39, 0.29) is 5.57 Å². The van der Waals surface area contributed by atoms with Gasteiger partial charge in [0.2, 0.25) is 0 Å². The third kappa shape index (κ3) is 3.68. The molecule has 0 spiro atoms. The third-order valence-electron chi connectivity index (χ3n) is 1.79. The molecule has 0 fully saturated rings. The van der Waals surface area contributed by atoms with Gasteiger partial charge in [-0.2, -0.15) is 10.5 Å². The van der Waals surface area contributed by atoms with E-state index in [2.05, 4.69) is 12.2 Å². The van der Waals surface area contributed by atoms with E-state index in [1.54, 1.807) is 23.9 Å². The van der Waals surface area contributed by atoms with E-state index in [0.29, 0.717) is 0 Å². The summed E-state index contributed by atoms with van der Waals surface area (Å²) >= 11 is 1.77. The van der Waals surface area contributed by atoms with E-state index >= 15 is 0 Å². The Morgan fingerprint density at radius 3 is 2.44 bits per heavy atom. The maximum atomic E-state index is 8.53. The van der Waals surface area contributed by atoms with Crippen molar-refractivity contribution in [2.45, 2.75) is 11.8 Å². The van der Waals surface area contributed by atoms with Crippen molar-refractivity contribution in [3.63, 3.8) is 0 Å². The minimum atomic E-state index is 0.0620. The molecule has 0 saturated heterocycles. The Bertz CT molecular complexity index is 433. The van der Waals surface area contributed by atoms with Gasteiger partial charge in [0.15, 0.2) is 0 Å². The van der Waals surface area contributed by atoms with Crippen molar-refractivity contribution in [3.8, 4) is 12.1 Å². The van der Waals surface area contributed by atoms with Gasteiger partial charge >= 0.3 is 0 Å². The molecule has 16 heavy (non-hydrogen) atoms. The Balaban J connectivity index is 2.67. The minimum absolute atomic E-state index is 0.0620. The number of hydrogen-bond acceptors (Lipinski definition) is 4. The highest BCUT2D eigenvalue weighted by Gasteiger charge is 1.94. The summed E-state index contributed by atoms with van der Waals surface area (Å²) in [4.78, 5) is 1.21. The monoisotopic (exact) mass is 229 g/mol. The van der Waals surface area contributed by atoms with Crippen molar-refractivity contribution >= 4 is 17.4 Å². The van der Waals surface area contributed by atoms with Crippen molar-refractivity contribution in [1.29, 1.82) is 10.5 Å². The highest BCUT2D eigenvalue weighted by molar-refractivity contribution is 7.99. The first-order valence-electron chi connectivity index (χ1n) is 4.80. The molecular weight excluding hydrogens is 218 g/mol. The van der Waals surface area contributed by atoms with Crippen LogP contribution in [0.3, 0.4) is 0 Å². The summed E-state index contributed by atoms with van der Waals surface area (Å²) in [6, 6.07) is 11.4. The second-order valence-electron chi connectivity index (χ2n) is 2.88. The van der Waals surface area contributed by atoms with Crippen LogP contribution in [0.4, 0.5) is 5.69 Å². The van der Waals surface area contributed by atoms with Crippen molar-refractivity contribution in [2.24, 2.45) is 0 Å². The Morgan fingerprint density at radius 2 is 1.94 bits per heavy atom. The highest BCUT2D eigenvalue weighted by Crippen LogP contribution is 2.19. The maximum absolute atomic E-state index is 8.53. The van der Waals surface area contributed by atoms with Crippen molar-refractivity contribution in [1.82, 2.24) is 0 Å². The van der Waals surface area contributed by atoms with Crippen LogP contribution in [0.5, 0.6) is 0 Å². The summed E-state index contributed by atoms with van der Waals surface area (Å²) in [7, 11) is 0. The largest absolute Gasteiger partial charge is 0.360 e. The molecule has 0 aromatic heterocycles. The van der Waals surface area contributed by atoms with Crippen LogP contribution in [0.25, 0.3) is 0 Å². The lowest BCUT2D eigenvalue weighted by molar-refractivity contribution is 1.41. The number of nitrogens with zero attached hydrogens (tertiary/aromatic N) is 2. The van der Waals surface area contributed by atoms with Crippen LogP contribution < -0.4 is 5.32 Å². The van der Waals surface area contributed by atoms with Crippen LogP contribution in [0, 0.1) is 22.7 Å². The molecule has 3 nitrogen and oxygen atoms in total. The Kier molecular flexibility index (Phi) is 4.98. The van der Waals surface area contributed by atoms with Gasteiger partial charge in [-0.25, -0.2) is 0 Å². The molecule has 0 aliphatic rings. The fourth-order valence-corrected chi connectivity index (χ4v) is 1.72. The van der Waals surface area contributed by atoms with Gasteiger partial charge in [0.25, 0.3) is 0 Å². The van der Waals surface area contributed by atoms with Crippen LogP contribution in [0.2, 0.25) is 0 Å². The van der Waals surface area contributed by atoms with Gasteiger partial charge < -0.3 is 5.32 Å². The minimum Gasteiger partial charge on any atom is -0.360 e. The molecule has 80 valence electrons. The molecule has 1 aromatic rings. The summed E-state index contributed by atoms with van der Waals surface area (Å²) < 4.78 is 0. The smallest absolute Gasteiger partial charge is 0.145 e. The first-order valence-corrected chi connectivity index (χ1v) is 5.78. The summed E-state index contributed by atoms with van der Waals surface area (Å²) in [6.07, 6.45) is 1.40. The van der Waals surface area contributed by atoms with Gasteiger partial charge in [0.05, 0.1) is 0 Å². The Labute approximate surface area is 99.4 Å². The van der Waals surface area contributed by atoms with E-state index in [9.17, 15) is 0 Å². The molecule has 0 saturated carbocycles. The van der Waals surface area contributed by atoms with Crippen LogP contribution in [-0.4, -0.2) is 5.75 Å². The quantitative estimate of drug-likeness (QED) is 0.636. The number of nitriles is 2. The SMILES string of the molecule is CCSc1ccc(NC=C(C#N)C#N)cc1. The van der Waals surface area contributed by atoms with E-state index in [4.69, 9.17) is 10.5 Å². The number of hydrogen-bond donors (Lipinski definition) is 1. The van der Waals surface area contributed by atoms with E-state index in [0.717, 1.165) is 11.4 Å². The van der Waals surface area contributed by atoms with E-state index in [1.165, 1.54) is 11.1 Å². The van der Waals surface area contributed by atoms with Crippen LogP contribution in [0.15, 0.2) is 40.9 Å². The van der Waals surface area contributed by atoms with Gasteiger partial charge in [-0.1, -0.05) is 6.92 Å². The third-order valence-corrected chi connectivity index (χ3v) is 2.68. The predicted octanol–water partition coefficient (Wildman–Crippen LogP) is 3.14. The molecule has 0 heterocycles. The van der Waals surface area contributed by atoms with Crippen molar-refractivity contribution in [3.05, 3.63) is 36.0 Å². The fourth-order valence-electron chi connectivity index (χ4n) is 1.06. The molecule has 0 amide bonds. The molecule has 4 heteroatoms. The number of anilines is 1. The van der Waals surface area contributed by atoms with Crippen LogP contribution in [0.1, 0.15) is 6.92 Å². The van der Waals surface area contributed by atoms with Crippen molar-refractivity contribution < 1.29 is 0 Å². The molecule has 0 aliphatic carbocycles. The fraction of sp³-hybridized carbons (Fsp3) is 0.167. The number of allylic oxidation sites excluding steroid dienone is 1. The number of nitrogens with one attached hydrogen (secondary N) is 1. The topological polar surface area (TPSA) is 59.6 Å². The van der Waals surface area contributed by atoms with Gasteiger partial charge in [-0.3, -0.25) is 0 Å². The summed E-state index contributed by atoms with van der Waals surface area (Å²) in [5.41, 5.74) is 0.926. The molecule has 0 unspecified atom stereocenters. The average molecular weight is 229 g/mol. The Hall–Kier alpha value is -1.91. The lowest BCUT2D eigenvalue weighted by Gasteiger charge is -2.02. The summed E-state index contributed by atoms with van der Waals surface area (Å²) in [5.74, 6) is 1.04. The van der Waals surface area contributed by atoms with Gasteiger partial charge in [0, 0.05) is 16.8 Å². The molecule has 0 bridgehead atoms. The number of rotatable bonds is 4. The van der Waals surface area contributed by atoms with Crippen molar-refractivity contribution in [2.75, 3.05) is 11.1 Å². The molecule has 1 N–H and O–H groups in total. The molecule has 1 rings (SSSR count). The lowest BCUT2D eigenvalue weighted by Crippen LogP contribution is -1.89. The molecular formula is C12H11N3S. The standard InChI is InChI=1S/C12H11N3S/c1-2-16-12-5-3-11(4-6-12)15-9-10(7-13)8-14/h3-6,9,15H,2H2,1H3. The molecule has 0 aliphatic heterocycles. The maximum Gasteiger partial charge on any atom is 0.145 e. The molecule has 1 aromatic carbocycles. The second-order valence-corrected chi connectivity index (χ2v) is 4.22. The van der Waals surface area contributed by atoms with Crippen LogP contribution >= 0.6 is 11.8 Å². The zero-order valence-corrected chi connectivity index (χ0v) is 9.71. The number of benzene rings is 1. The van der Waals surface area contributed by atoms with Gasteiger partial charge in [-0.15, -0.1) is 11.8 Å². The second kappa shape index (κ2) is 6.55. The normalized spacial score (nSPS) is 8.69. The molecule has 0 radical (unpaired) electrons. The average Bonchev–Trinajstić information content (AvgIpc) is 2.33. The van der Waals surface area contributed by atoms with E-state index < -0.39 is 0 Å². The Morgan fingerprint density at radius 1 is 1.31 bits per heavy atom. The summed E-state index contributed by atoms with van der Waals surface area (Å²) in [5, 5.41) is 20.0. The first-order chi connectivity index (χ1) is 7.80. The molecule has 0 atom stereocenters. The predicted molar refractivity (Wildman–Crippen MR) is 65.8 cm³/mol. The number of thioether (sulfide) groups is 1. The lowest BCUT2D eigenvalue weighted by atomic mass is 10.3. The zero-order chi connectivity index (χ0) is 11.8. The van der Waals surface area contributed by atoms with Crippen LogP contribution in [-0.2, 0) is 0 Å². The summed E-state index contributed by atoms with van der Waals surface area (Å²) in [6.45, 7) is 2.10.